The second-order valence-electron chi connectivity index (χ2n) is 5.74. The molecule has 0 spiro atoms. The van der Waals surface area contributed by atoms with E-state index >= 15 is 0 Å². The predicted molar refractivity (Wildman–Crippen MR) is 103 cm³/mol. The number of rotatable bonds is 5. The summed E-state index contributed by atoms with van der Waals surface area (Å²) >= 11 is 7.50. The Kier molecular flexibility index (Phi) is 6.75. The molecule has 1 aromatic heterocycles. The highest BCUT2D eigenvalue weighted by atomic mass is 35.5. The van der Waals surface area contributed by atoms with Crippen molar-refractivity contribution in [3.8, 4) is 5.75 Å². The number of carbonyl (C=O) groups excluding carboxylic acids is 1. The first-order valence-electron chi connectivity index (χ1n) is 7.92. The maximum Gasteiger partial charge on any atom is 0.265 e. The summed E-state index contributed by atoms with van der Waals surface area (Å²) in [6.07, 6.45) is 2.35. The van der Waals surface area contributed by atoms with E-state index in [0.717, 1.165) is 29.6 Å². The maximum absolute atomic E-state index is 12.6. The standard InChI is InChI=1S/C17H21ClN2O2S.ClH/c1-3-20-8-4-5-12(20)10-19-17(21)16-15(22-2)13-9-11(18)6-7-14(13)23-16;/h6-7,9,12H,3-5,8,10H2,1-2H3,(H,19,21);1H. The average Bonchev–Trinajstić information content (AvgIpc) is 3.15. The van der Waals surface area contributed by atoms with Gasteiger partial charge in [0.15, 0.2) is 0 Å². The highest BCUT2D eigenvalue weighted by molar-refractivity contribution is 7.21. The summed E-state index contributed by atoms with van der Waals surface area (Å²) in [4.78, 5) is 15.6. The third-order valence-electron chi connectivity index (χ3n) is 4.42. The number of likely N-dealkylation sites (N-methyl/N-ethyl adjacent to an activating group) is 1. The van der Waals surface area contributed by atoms with E-state index in [9.17, 15) is 4.79 Å². The molecule has 1 N–H and O–H groups in total. The van der Waals surface area contributed by atoms with Crippen LogP contribution in [-0.2, 0) is 0 Å². The number of nitrogens with one attached hydrogen (secondary N) is 1. The van der Waals surface area contributed by atoms with Crippen molar-refractivity contribution in [2.24, 2.45) is 0 Å². The Morgan fingerprint density at radius 3 is 3.00 bits per heavy atom. The molecule has 0 aliphatic carbocycles. The largest absolute Gasteiger partial charge is 0.494 e. The SMILES string of the molecule is CCN1CCCC1CNC(=O)c1sc2ccc(Cl)cc2c1OC.Cl. The monoisotopic (exact) mass is 388 g/mol. The molecule has 3 rings (SSSR count). The summed E-state index contributed by atoms with van der Waals surface area (Å²) in [5.41, 5.74) is 0. The van der Waals surface area contributed by atoms with E-state index in [1.165, 1.54) is 17.8 Å². The third-order valence-corrected chi connectivity index (χ3v) is 5.80. The summed E-state index contributed by atoms with van der Waals surface area (Å²) in [5, 5.41) is 4.61. The molecule has 0 bridgehead atoms. The molecule has 1 unspecified atom stereocenters. The van der Waals surface area contributed by atoms with Crippen LogP contribution in [0.3, 0.4) is 0 Å². The molecule has 1 aromatic carbocycles. The minimum Gasteiger partial charge on any atom is -0.494 e. The van der Waals surface area contributed by atoms with Gasteiger partial charge < -0.3 is 10.1 Å². The van der Waals surface area contributed by atoms with Crippen LogP contribution in [0.1, 0.15) is 29.4 Å². The number of ether oxygens (including phenoxy) is 1. The van der Waals surface area contributed by atoms with E-state index in [4.69, 9.17) is 16.3 Å². The summed E-state index contributed by atoms with van der Waals surface area (Å²) in [6.45, 7) is 5.01. The Bertz CT molecular complexity index is 720. The van der Waals surface area contributed by atoms with E-state index < -0.39 is 0 Å². The zero-order chi connectivity index (χ0) is 16.4. The normalized spacial score (nSPS) is 17.7. The van der Waals surface area contributed by atoms with Gasteiger partial charge in [-0.15, -0.1) is 23.7 Å². The van der Waals surface area contributed by atoms with Crippen LogP contribution in [-0.4, -0.2) is 43.6 Å². The van der Waals surface area contributed by atoms with Gasteiger partial charge in [-0.25, -0.2) is 0 Å². The molecule has 1 aliphatic rings. The zero-order valence-electron chi connectivity index (χ0n) is 13.8. The Balaban J connectivity index is 0.00000208. The van der Waals surface area contributed by atoms with Gasteiger partial charge >= 0.3 is 0 Å². The topological polar surface area (TPSA) is 41.6 Å². The van der Waals surface area contributed by atoms with Crippen LogP contribution < -0.4 is 10.1 Å². The van der Waals surface area contributed by atoms with Crippen molar-refractivity contribution in [1.82, 2.24) is 10.2 Å². The summed E-state index contributed by atoms with van der Waals surface area (Å²) < 4.78 is 6.48. The molecule has 2 heterocycles. The van der Waals surface area contributed by atoms with E-state index in [1.807, 2.05) is 18.2 Å². The van der Waals surface area contributed by atoms with Crippen LogP contribution in [0.5, 0.6) is 5.75 Å². The molecule has 1 saturated heterocycles. The first-order valence-corrected chi connectivity index (χ1v) is 9.11. The van der Waals surface area contributed by atoms with E-state index in [1.54, 1.807) is 7.11 Å². The van der Waals surface area contributed by atoms with Gasteiger partial charge in [0.25, 0.3) is 5.91 Å². The molecule has 132 valence electrons. The fourth-order valence-electron chi connectivity index (χ4n) is 3.23. The van der Waals surface area contributed by atoms with Crippen LogP contribution >= 0.6 is 35.3 Å². The first kappa shape index (κ1) is 19.3. The van der Waals surface area contributed by atoms with Gasteiger partial charge in [-0.3, -0.25) is 9.69 Å². The third kappa shape index (κ3) is 3.80. The molecular formula is C17H22Cl2N2O2S. The van der Waals surface area contributed by atoms with Crippen LogP contribution in [0.25, 0.3) is 10.1 Å². The van der Waals surface area contributed by atoms with Gasteiger partial charge in [-0.05, 0) is 44.1 Å². The van der Waals surface area contributed by atoms with E-state index in [-0.39, 0.29) is 18.3 Å². The minimum atomic E-state index is -0.0675. The summed E-state index contributed by atoms with van der Waals surface area (Å²) in [7, 11) is 1.59. The number of hydrogen-bond acceptors (Lipinski definition) is 4. The second-order valence-corrected chi connectivity index (χ2v) is 7.23. The molecule has 0 radical (unpaired) electrons. The van der Waals surface area contributed by atoms with Crippen molar-refractivity contribution in [1.29, 1.82) is 0 Å². The molecule has 1 aliphatic heterocycles. The lowest BCUT2D eigenvalue weighted by Crippen LogP contribution is -2.39. The fraction of sp³-hybridized carbons (Fsp3) is 0.471. The molecule has 1 amide bonds. The molecule has 1 fully saturated rings. The smallest absolute Gasteiger partial charge is 0.265 e. The molecule has 1 atom stereocenters. The second kappa shape index (κ2) is 8.39. The fourth-order valence-corrected chi connectivity index (χ4v) is 4.47. The number of hydrogen-bond donors (Lipinski definition) is 1. The quantitative estimate of drug-likeness (QED) is 0.834. The van der Waals surface area contributed by atoms with Gasteiger partial charge in [-0.1, -0.05) is 18.5 Å². The number of methoxy groups -OCH3 is 1. The summed E-state index contributed by atoms with van der Waals surface area (Å²) in [5.74, 6) is 0.547. The Hall–Kier alpha value is -1.01. The Morgan fingerprint density at radius 1 is 1.50 bits per heavy atom. The number of nitrogens with zero attached hydrogens (tertiary/aromatic N) is 1. The molecule has 24 heavy (non-hydrogen) atoms. The number of thiophene rings is 1. The zero-order valence-corrected chi connectivity index (χ0v) is 16.2. The molecule has 2 aromatic rings. The number of benzene rings is 1. The first-order chi connectivity index (χ1) is 11.1. The average molecular weight is 389 g/mol. The van der Waals surface area contributed by atoms with Gasteiger partial charge in [0.05, 0.1) is 7.11 Å². The lowest BCUT2D eigenvalue weighted by atomic mass is 10.2. The molecule has 4 nitrogen and oxygen atoms in total. The highest BCUT2D eigenvalue weighted by Crippen LogP contribution is 2.38. The van der Waals surface area contributed by atoms with Crippen LogP contribution in [0.2, 0.25) is 5.02 Å². The lowest BCUT2D eigenvalue weighted by Gasteiger charge is -2.22. The van der Waals surface area contributed by atoms with E-state index in [2.05, 4.69) is 17.1 Å². The van der Waals surface area contributed by atoms with Crippen molar-refractivity contribution >= 4 is 51.3 Å². The van der Waals surface area contributed by atoms with Crippen molar-refractivity contribution in [3.63, 3.8) is 0 Å². The molecular weight excluding hydrogens is 367 g/mol. The Morgan fingerprint density at radius 2 is 2.29 bits per heavy atom. The van der Waals surface area contributed by atoms with Gasteiger partial charge in [0.2, 0.25) is 0 Å². The lowest BCUT2D eigenvalue weighted by molar-refractivity contribution is 0.0943. The number of fused-ring (bicyclic) bond motifs is 1. The summed E-state index contributed by atoms with van der Waals surface area (Å²) in [6, 6.07) is 6.05. The van der Waals surface area contributed by atoms with Crippen LogP contribution in [0, 0.1) is 0 Å². The number of amides is 1. The molecule has 0 saturated carbocycles. The van der Waals surface area contributed by atoms with Gasteiger partial charge in [0, 0.05) is 27.7 Å². The molecule has 7 heteroatoms. The van der Waals surface area contributed by atoms with Crippen LogP contribution in [0.4, 0.5) is 0 Å². The predicted octanol–water partition coefficient (Wildman–Crippen LogP) is 4.20. The van der Waals surface area contributed by atoms with Crippen molar-refractivity contribution in [3.05, 3.63) is 28.1 Å². The van der Waals surface area contributed by atoms with Crippen molar-refractivity contribution < 1.29 is 9.53 Å². The Labute approximate surface area is 157 Å². The van der Waals surface area contributed by atoms with Gasteiger partial charge in [-0.2, -0.15) is 0 Å². The van der Waals surface area contributed by atoms with E-state index in [0.29, 0.717) is 28.2 Å². The van der Waals surface area contributed by atoms with Gasteiger partial charge in [0.1, 0.15) is 10.6 Å². The highest BCUT2D eigenvalue weighted by Gasteiger charge is 2.25. The van der Waals surface area contributed by atoms with Crippen molar-refractivity contribution in [2.75, 3.05) is 26.7 Å². The number of halogens is 2. The maximum atomic E-state index is 12.6. The van der Waals surface area contributed by atoms with Crippen molar-refractivity contribution in [2.45, 2.75) is 25.8 Å². The minimum absolute atomic E-state index is 0. The number of likely N-dealkylation sites (tertiary alicyclic amines) is 1. The number of carbonyl (C=O) groups is 1. The van der Waals surface area contributed by atoms with Crippen LogP contribution in [0.15, 0.2) is 18.2 Å².